The van der Waals surface area contributed by atoms with Gasteiger partial charge >= 0.3 is 0 Å². The molecule has 1 aliphatic rings. The van der Waals surface area contributed by atoms with Crippen molar-refractivity contribution in [1.82, 2.24) is 5.32 Å². The van der Waals surface area contributed by atoms with E-state index in [1.807, 2.05) is 26.0 Å². The molecule has 2 aromatic rings. The van der Waals surface area contributed by atoms with E-state index in [0.29, 0.717) is 11.1 Å². The summed E-state index contributed by atoms with van der Waals surface area (Å²) in [5.74, 6) is -0.229. The van der Waals surface area contributed by atoms with Crippen LogP contribution in [0.25, 0.3) is 0 Å². The normalized spacial score (nSPS) is 14.7. The van der Waals surface area contributed by atoms with Gasteiger partial charge in [0.15, 0.2) is 0 Å². The van der Waals surface area contributed by atoms with Gasteiger partial charge in [-0.05, 0) is 74.2 Å². The van der Waals surface area contributed by atoms with E-state index < -0.39 is 0 Å². The molecule has 0 heterocycles. The van der Waals surface area contributed by atoms with Crippen LogP contribution in [0.5, 0.6) is 0 Å². The van der Waals surface area contributed by atoms with Crippen LogP contribution < -0.4 is 10.6 Å². The SMILES string of the molecule is Cc1cc(C)cc(NC(=O)c2ccc(C(=O)NC3CCCCC3)cc2)c1. The third-order valence-electron chi connectivity index (χ3n) is 4.83. The predicted molar refractivity (Wildman–Crippen MR) is 105 cm³/mol. The van der Waals surface area contributed by atoms with E-state index in [9.17, 15) is 9.59 Å². The fourth-order valence-electron chi connectivity index (χ4n) is 3.54. The van der Waals surface area contributed by atoms with Gasteiger partial charge in [0.1, 0.15) is 0 Å². The molecule has 0 radical (unpaired) electrons. The van der Waals surface area contributed by atoms with Gasteiger partial charge in [0.2, 0.25) is 0 Å². The van der Waals surface area contributed by atoms with E-state index >= 15 is 0 Å². The second-order valence-electron chi connectivity index (χ2n) is 7.22. The lowest BCUT2D eigenvalue weighted by Gasteiger charge is -2.22. The van der Waals surface area contributed by atoms with E-state index in [4.69, 9.17) is 0 Å². The number of hydrogen-bond acceptors (Lipinski definition) is 2. The van der Waals surface area contributed by atoms with Gasteiger partial charge in [0, 0.05) is 22.9 Å². The Labute approximate surface area is 155 Å². The van der Waals surface area contributed by atoms with E-state index in [0.717, 1.165) is 29.7 Å². The van der Waals surface area contributed by atoms with Crippen LogP contribution in [-0.4, -0.2) is 17.9 Å². The van der Waals surface area contributed by atoms with Crippen molar-refractivity contribution in [2.75, 3.05) is 5.32 Å². The maximum absolute atomic E-state index is 12.4. The van der Waals surface area contributed by atoms with Crippen molar-refractivity contribution < 1.29 is 9.59 Å². The lowest BCUT2D eigenvalue weighted by atomic mass is 9.95. The molecule has 0 unspecified atom stereocenters. The Bertz CT molecular complexity index is 770. The zero-order chi connectivity index (χ0) is 18.5. The smallest absolute Gasteiger partial charge is 0.255 e. The lowest BCUT2D eigenvalue weighted by Crippen LogP contribution is -2.36. The molecule has 2 N–H and O–H groups in total. The summed E-state index contributed by atoms with van der Waals surface area (Å²) in [7, 11) is 0. The molecule has 0 aliphatic heterocycles. The van der Waals surface area contributed by atoms with Gasteiger partial charge in [0.25, 0.3) is 11.8 Å². The highest BCUT2D eigenvalue weighted by atomic mass is 16.2. The standard InChI is InChI=1S/C22H26N2O2/c1-15-12-16(2)14-20(13-15)24-22(26)18-10-8-17(9-11-18)21(25)23-19-6-4-3-5-7-19/h8-14,19H,3-7H2,1-2H3,(H,23,25)(H,24,26). The van der Waals surface area contributed by atoms with Crippen LogP contribution in [0.2, 0.25) is 0 Å². The molecular weight excluding hydrogens is 324 g/mol. The van der Waals surface area contributed by atoms with Crippen molar-refractivity contribution in [3.8, 4) is 0 Å². The van der Waals surface area contributed by atoms with Crippen molar-refractivity contribution in [1.29, 1.82) is 0 Å². The summed E-state index contributed by atoms with van der Waals surface area (Å²) in [4.78, 5) is 24.8. The molecule has 0 saturated heterocycles. The first-order valence-corrected chi connectivity index (χ1v) is 9.32. The fourth-order valence-corrected chi connectivity index (χ4v) is 3.54. The number of carbonyl (C=O) groups is 2. The van der Waals surface area contributed by atoms with Crippen molar-refractivity contribution in [3.05, 3.63) is 64.7 Å². The predicted octanol–water partition coefficient (Wildman–Crippen LogP) is 4.62. The number of aryl methyl sites for hydroxylation is 2. The minimum Gasteiger partial charge on any atom is -0.349 e. The molecule has 0 aromatic heterocycles. The Hall–Kier alpha value is -2.62. The van der Waals surface area contributed by atoms with Crippen LogP contribution >= 0.6 is 0 Å². The number of carbonyl (C=O) groups excluding carboxylic acids is 2. The minimum absolute atomic E-state index is 0.0573. The molecule has 0 spiro atoms. The van der Waals surface area contributed by atoms with Gasteiger partial charge < -0.3 is 10.6 Å². The summed E-state index contributed by atoms with van der Waals surface area (Å²) in [5.41, 5.74) is 4.13. The van der Waals surface area contributed by atoms with Gasteiger partial charge in [-0.2, -0.15) is 0 Å². The summed E-state index contributed by atoms with van der Waals surface area (Å²) in [6, 6.07) is 13.1. The molecule has 2 aromatic carbocycles. The van der Waals surface area contributed by atoms with E-state index in [2.05, 4.69) is 16.7 Å². The van der Waals surface area contributed by atoms with Gasteiger partial charge in [-0.3, -0.25) is 9.59 Å². The minimum atomic E-state index is -0.172. The summed E-state index contributed by atoms with van der Waals surface area (Å²) >= 11 is 0. The quantitative estimate of drug-likeness (QED) is 0.845. The van der Waals surface area contributed by atoms with Gasteiger partial charge in [-0.15, -0.1) is 0 Å². The average molecular weight is 350 g/mol. The summed E-state index contributed by atoms with van der Waals surface area (Å²) < 4.78 is 0. The number of hydrogen-bond donors (Lipinski definition) is 2. The maximum Gasteiger partial charge on any atom is 0.255 e. The van der Waals surface area contributed by atoms with E-state index in [1.165, 1.54) is 19.3 Å². The number of benzene rings is 2. The van der Waals surface area contributed by atoms with Crippen molar-refractivity contribution in [2.45, 2.75) is 52.0 Å². The second kappa shape index (κ2) is 8.17. The van der Waals surface area contributed by atoms with Crippen molar-refractivity contribution >= 4 is 17.5 Å². The van der Waals surface area contributed by atoms with E-state index in [1.54, 1.807) is 24.3 Å². The van der Waals surface area contributed by atoms with Crippen molar-refractivity contribution in [2.24, 2.45) is 0 Å². The van der Waals surface area contributed by atoms with Crippen LogP contribution in [0, 0.1) is 13.8 Å². The Morgan fingerprint density at radius 3 is 1.92 bits per heavy atom. The average Bonchev–Trinajstić information content (AvgIpc) is 2.62. The molecule has 136 valence electrons. The maximum atomic E-state index is 12.4. The van der Waals surface area contributed by atoms with Crippen LogP contribution in [0.4, 0.5) is 5.69 Å². The van der Waals surface area contributed by atoms with Gasteiger partial charge in [0.05, 0.1) is 0 Å². The van der Waals surface area contributed by atoms with E-state index in [-0.39, 0.29) is 17.9 Å². The molecule has 1 aliphatic carbocycles. The first-order valence-electron chi connectivity index (χ1n) is 9.32. The molecule has 1 fully saturated rings. The van der Waals surface area contributed by atoms with Crippen LogP contribution in [0.1, 0.15) is 63.9 Å². The topological polar surface area (TPSA) is 58.2 Å². The Morgan fingerprint density at radius 1 is 0.808 bits per heavy atom. The number of nitrogens with one attached hydrogen (secondary N) is 2. The molecule has 0 bridgehead atoms. The first-order chi connectivity index (χ1) is 12.5. The highest BCUT2D eigenvalue weighted by molar-refractivity contribution is 6.05. The van der Waals surface area contributed by atoms with Gasteiger partial charge in [-0.25, -0.2) is 0 Å². The Kier molecular flexibility index (Phi) is 5.71. The highest BCUT2D eigenvalue weighted by Crippen LogP contribution is 2.18. The largest absolute Gasteiger partial charge is 0.349 e. The molecule has 4 nitrogen and oxygen atoms in total. The Morgan fingerprint density at radius 2 is 1.35 bits per heavy atom. The molecule has 2 amide bonds. The monoisotopic (exact) mass is 350 g/mol. The zero-order valence-corrected chi connectivity index (χ0v) is 15.5. The zero-order valence-electron chi connectivity index (χ0n) is 15.5. The Balaban J connectivity index is 1.62. The molecule has 3 rings (SSSR count). The first kappa shape index (κ1) is 18.2. The summed E-state index contributed by atoms with van der Waals surface area (Å²) in [6.07, 6.45) is 5.74. The number of rotatable bonds is 4. The molecule has 4 heteroatoms. The number of amides is 2. The second-order valence-corrected chi connectivity index (χ2v) is 7.22. The highest BCUT2D eigenvalue weighted by Gasteiger charge is 2.17. The fraction of sp³-hybridized carbons (Fsp3) is 0.364. The van der Waals surface area contributed by atoms with Crippen LogP contribution in [0.15, 0.2) is 42.5 Å². The molecule has 1 saturated carbocycles. The molecule has 26 heavy (non-hydrogen) atoms. The summed E-state index contributed by atoms with van der Waals surface area (Å²) in [5, 5.41) is 6.01. The van der Waals surface area contributed by atoms with Gasteiger partial charge in [-0.1, -0.05) is 25.3 Å². The summed E-state index contributed by atoms with van der Waals surface area (Å²) in [6.45, 7) is 4.00. The molecule has 0 atom stereocenters. The third kappa shape index (κ3) is 4.72. The molecular formula is C22H26N2O2. The number of anilines is 1. The van der Waals surface area contributed by atoms with Crippen LogP contribution in [-0.2, 0) is 0 Å². The van der Waals surface area contributed by atoms with Crippen LogP contribution in [0.3, 0.4) is 0 Å². The lowest BCUT2D eigenvalue weighted by molar-refractivity contribution is 0.0926. The third-order valence-corrected chi connectivity index (χ3v) is 4.83. The van der Waals surface area contributed by atoms with Crippen molar-refractivity contribution in [3.63, 3.8) is 0 Å².